The first-order chi connectivity index (χ1) is 9.04. The molecule has 1 aromatic rings. The van der Waals surface area contributed by atoms with Gasteiger partial charge in [0.05, 0.1) is 24.0 Å². The molecular weight excluding hydrogens is 244 g/mol. The van der Waals surface area contributed by atoms with Gasteiger partial charge in [0, 0.05) is 19.8 Å². The van der Waals surface area contributed by atoms with Crippen molar-refractivity contribution in [3.05, 3.63) is 24.0 Å². The summed E-state index contributed by atoms with van der Waals surface area (Å²) >= 11 is 0. The second-order valence-corrected chi connectivity index (χ2v) is 4.55. The lowest BCUT2D eigenvalue weighted by molar-refractivity contribution is -0.120. The summed E-state index contributed by atoms with van der Waals surface area (Å²) in [4.78, 5) is 27.3. The van der Waals surface area contributed by atoms with Gasteiger partial charge < -0.3 is 16.0 Å². The number of hydrogen-bond donors (Lipinski definition) is 3. The number of carbonyl (C=O) groups excluding carboxylic acids is 2. The van der Waals surface area contributed by atoms with Crippen LogP contribution in [0.15, 0.2) is 18.5 Å². The second-order valence-electron chi connectivity index (χ2n) is 4.55. The van der Waals surface area contributed by atoms with Gasteiger partial charge in [-0.25, -0.2) is 0 Å². The van der Waals surface area contributed by atoms with Crippen LogP contribution in [0, 0.1) is 5.92 Å². The molecule has 0 spiro atoms. The zero-order valence-electron chi connectivity index (χ0n) is 11.5. The molecule has 6 heteroatoms. The fourth-order valence-corrected chi connectivity index (χ4v) is 1.43. The maximum atomic E-state index is 11.9. The van der Waals surface area contributed by atoms with Gasteiger partial charge >= 0.3 is 0 Å². The van der Waals surface area contributed by atoms with Crippen molar-refractivity contribution in [1.82, 2.24) is 15.6 Å². The smallest absolute Gasteiger partial charge is 0.253 e. The van der Waals surface area contributed by atoms with Gasteiger partial charge in [0.2, 0.25) is 5.91 Å². The predicted octanol–water partition coefficient (Wildman–Crippen LogP) is 0.625. The van der Waals surface area contributed by atoms with Crippen LogP contribution < -0.4 is 16.0 Å². The van der Waals surface area contributed by atoms with E-state index in [1.807, 2.05) is 13.8 Å². The van der Waals surface area contributed by atoms with Gasteiger partial charge in [0.15, 0.2) is 0 Å². The molecule has 0 aliphatic rings. The molecule has 1 rings (SSSR count). The number of anilines is 1. The van der Waals surface area contributed by atoms with Gasteiger partial charge in [-0.15, -0.1) is 0 Å². The van der Waals surface area contributed by atoms with Crippen LogP contribution in [0.25, 0.3) is 0 Å². The molecule has 0 radical (unpaired) electrons. The number of aromatic nitrogens is 1. The quantitative estimate of drug-likeness (QED) is 0.703. The van der Waals surface area contributed by atoms with Crippen LogP contribution in [0.5, 0.6) is 0 Å². The number of amides is 2. The monoisotopic (exact) mass is 264 g/mol. The van der Waals surface area contributed by atoms with E-state index in [0.29, 0.717) is 23.7 Å². The molecule has 104 valence electrons. The van der Waals surface area contributed by atoms with Gasteiger partial charge in [0.1, 0.15) is 0 Å². The largest absolute Gasteiger partial charge is 0.386 e. The minimum atomic E-state index is -0.300. The zero-order chi connectivity index (χ0) is 14.3. The Bertz CT molecular complexity index is 446. The Balaban J connectivity index is 2.49. The molecule has 1 heterocycles. The SMILES string of the molecule is CNc1cnccc1C(=O)NCC(=O)NCC(C)C. The Kier molecular flexibility index (Phi) is 5.78. The first-order valence-electron chi connectivity index (χ1n) is 6.21. The summed E-state index contributed by atoms with van der Waals surface area (Å²) in [7, 11) is 1.71. The number of nitrogens with zero attached hydrogens (tertiary/aromatic N) is 1. The molecule has 0 aliphatic carbocycles. The third kappa shape index (κ3) is 4.95. The van der Waals surface area contributed by atoms with Crippen molar-refractivity contribution in [2.24, 2.45) is 5.92 Å². The standard InChI is InChI=1S/C13H20N4O2/c1-9(2)6-16-12(18)8-17-13(19)10-4-5-15-7-11(10)14-3/h4-5,7,9,14H,6,8H2,1-3H3,(H,16,18)(H,17,19). The summed E-state index contributed by atoms with van der Waals surface area (Å²) in [6, 6.07) is 1.60. The van der Waals surface area contributed by atoms with Crippen LogP contribution in [-0.4, -0.2) is 36.9 Å². The maximum absolute atomic E-state index is 11.9. The molecule has 0 aliphatic heterocycles. The molecule has 0 bridgehead atoms. The highest BCUT2D eigenvalue weighted by Crippen LogP contribution is 2.11. The maximum Gasteiger partial charge on any atom is 0.253 e. The molecule has 3 N–H and O–H groups in total. The highest BCUT2D eigenvalue weighted by Gasteiger charge is 2.11. The fraction of sp³-hybridized carbons (Fsp3) is 0.462. The summed E-state index contributed by atoms with van der Waals surface area (Å²) in [6.07, 6.45) is 3.10. The molecule has 0 aromatic carbocycles. The summed E-state index contributed by atoms with van der Waals surface area (Å²) < 4.78 is 0. The van der Waals surface area contributed by atoms with E-state index in [2.05, 4.69) is 20.9 Å². The van der Waals surface area contributed by atoms with E-state index in [1.54, 1.807) is 19.3 Å². The Morgan fingerprint density at radius 2 is 2.05 bits per heavy atom. The van der Waals surface area contributed by atoms with Gasteiger partial charge in [-0.2, -0.15) is 0 Å². The molecule has 0 fully saturated rings. The third-order valence-electron chi connectivity index (χ3n) is 2.45. The van der Waals surface area contributed by atoms with Crippen molar-refractivity contribution in [1.29, 1.82) is 0 Å². The number of rotatable bonds is 6. The topological polar surface area (TPSA) is 83.1 Å². The minimum Gasteiger partial charge on any atom is -0.386 e. The van der Waals surface area contributed by atoms with Crippen molar-refractivity contribution in [2.45, 2.75) is 13.8 Å². The highest BCUT2D eigenvalue weighted by molar-refractivity contribution is 6.00. The molecule has 0 unspecified atom stereocenters. The van der Waals surface area contributed by atoms with Gasteiger partial charge in [-0.05, 0) is 12.0 Å². The normalized spacial score (nSPS) is 10.1. The van der Waals surface area contributed by atoms with Crippen LogP contribution in [0.2, 0.25) is 0 Å². The van der Waals surface area contributed by atoms with Crippen LogP contribution in [0.4, 0.5) is 5.69 Å². The Morgan fingerprint density at radius 1 is 1.32 bits per heavy atom. The average molecular weight is 264 g/mol. The van der Waals surface area contributed by atoms with Crippen LogP contribution >= 0.6 is 0 Å². The Morgan fingerprint density at radius 3 is 2.68 bits per heavy atom. The van der Waals surface area contributed by atoms with E-state index in [9.17, 15) is 9.59 Å². The summed E-state index contributed by atoms with van der Waals surface area (Å²) in [6.45, 7) is 4.59. The molecule has 2 amide bonds. The lowest BCUT2D eigenvalue weighted by Crippen LogP contribution is -2.38. The average Bonchev–Trinajstić information content (AvgIpc) is 2.42. The molecule has 0 saturated carbocycles. The predicted molar refractivity (Wildman–Crippen MR) is 74.0 cm³/mol. The van der Waals surface area contributed by atoms with E-state index < -0.39 is 0 Å². The molecule has 0 saturated heterocycles. The molecule has 19 heavy (non-hydrogen) atoms. The van der Waals surface area contributed by atoms with Crippen LogP contribution in [-0.2, 0) is 4.79 Å². The summed E-state index contributed by atoms with van der Waals surface area (Å²) in [5, 5.41) is 8.19. The second kappa shape index (κ2) is 7.35. The number of hydrogen-bond acceptors (Lipinski definition) is 4. The van der Waals surface area contributed by atoms with Crippen molar-refractivity contribution >= 4 is 17.5 Å². The van der Waals surface area contributed by atoms with Gasteiger partial charge in [-0.1, -0.05) is 13.8 Å². The lowest BCUT2D eigenvalue weighted by atomic mass is 10.2. The number of pyridine rings is 1. The Hall–Kier alpha value is -2.11. The van der Waals surface area contributed by atoms with Crippen molar-refractivity contribution < 1.29 is 9.59 Å². The van der Waals surface area contributed by atoms with E-state index in [-0.39, 0.29) is 18.4 Å². The van der Waals surface area contributed by atoms with Gasteiger partial charge in [-0.3, -0.25) is 14.6 Å². The van der Waals surface area contributed by atoms with Crippen LogP contribution in [0.1, 0.15) is 24.2 Å². The third-order valence-corrected chi connectivity index (χ3v) is 2.45. The van der Waals surface area contributed by atoms with Crippen molar-refractivity contribution in [3.63, 3.8) is 0 Å². The number of nitrogens with one attached hydrogen (secondary N) is 3. The van der Waals surface area contributed by atoms with E-state index >= 15 is 0 Å². The summed E-state index contributed by atoms with van der Waals surface area (Å²) in [5.41, 5.74) is 1.09. The summed E-state index contributed by atoms with van der Waals surface area (Å²) in [5.74, 6) is -0.107. The van der Waals surface area contributed by atoms with E-state index in [0.717, 1.165) is 0 Å². The lowest BCUT2D eigenvalue weighted by Gasteiger charge is -2.10. The zero-order valence-corrected chi connectivity index (χ0v) is 11.5. The number of carbonyl (C=O) groups is 2. The molecular formula is C13H20N4O2. The first kappa shape index (κ1) is 14.9. The fourth-order valence-electron chi connectivity index (χ4n) is 1.43. The Labute approximate surface area is 113 Å². The highest BCUT2D eigenvalue weighted by atomic mass is 16.2. The first-order valence-corrected chi connectivity index (χ1v) is 6.21. The van der Waals surface area contributed by atoms with Crippen molar-refractivity contribution in [2.75, 3.05) is 25.5 Å². The van der Waals surface area contributed by atoms with E-state index in [1.165, 1.54) is 6.20 Å². The van der Waals surface area contributed by atoms with Gasteiger partial charge in [0.25, 0.3) is 5.91 Å². The van der Waals surface area contributed by atoms with Crippen LogP contribution in [0.3, 0.4) is 0 Å². The van der Waals surface area contributed by atoms with Crippen molar-refractivity contribution in [3.8, 4) is 0 Å². The molecule has 1 aromatic heterocycles. The molecule has 0 atom stereocenters. The van der Waals surface area contributed by atoms with E-state index in [4.69, 9.17) is 0 Å². The minimum absolute atomic E-state index is 0.0307. The molecule has 6 nitrogen and oxygen atoms in total.